The normalized spacial score (nSPS) is 12.2. The lowest BCUT2D eigenvalue weighted by Crippen LogP contribution is -2.14. The number of nitrogens with two attached hydrogens (primary N) is 1. The molecule has 0 saturated carbocycles. The predicted octanol–water partition coefficient (Wildman–Crippen LogP) is 2.84. The van der Waals surface area contributed by atoms with Crippen molar-refractivity contribution in [3.8, 4) is 0 Å². The second-order valence-electron chi connectivity index (χ2n) is 4.79. The molecule has 0 spiro atoms. The Morgan fingerprint density at radius 2 is 2.11 bits per heavy atom. The van der Waals surface area contributed by atoms with E-state index in [0.717, 1.165) is 18.4 Å². The second-order valence-corrected chi connectivity index (χ2v) is 4.79. The number of aryl methyl sites for hydroxylation is 1. The van der Waals surface area contributed by atoms with E-state index in [1.165, 1.54) is 12.1 Å². The van der Waals surface area contributed by atoms with E-state index in [2.05, 4.69) is 12.2 Å². The fraction of sp³-hybridized carbons (Fsp3) is 0.500. The summed E-state index contributed by atoms with van der Waals surface area (Å²) in [5.41, 5.74) is 6.76. The van der Waals surface area contributed by atoms with Gasteiger partial charge in [-0.3, -0.25) is 4.79 Å². The molecule has 1 aromatic rings. The Labute approximate surface area is 108 Å². The molecule has 0 radical (unpaired) electrons. The summed E-state index contributed by atoms with van der Waals surface area (Å²) in [5, 5.41) is 2.71. The first-order valence-electron chi connectivity index (χ1n) is 6.28. The highest BCUT2D eigenvalue weighted by Gasteiger charge is 2.07. The topological polar surface area (TPSA) is 55.1 Å². The van der Waals surface area contributed by atoms with Crippen LogP contribution in [0.1, 0.15) is 31.7 Å². The van der Waals surface area contributed by atoms with E-state index in [1.807, 2.05) is 0 Å². The van der Waals surface area contributed by atoms with E-state index in [0.29, 0.717) is 24.6 Å². The molecule has 0 bridgehead atoms. The van der Waals surface area contributed by atoms with E-state index in [1.54, 1.807) is 13.0 Å². The van der Waals surface area contributed by atoms with E-state index in [9.17, 15) is 9.18 Å². The van der Waals surface area contributed by atoms with E-state index >= 15 is 0 Å². The summed E-state index contributed by atoms with van der Waals surface area (Å²) >= 11 is 0. The van der Waals surface area contributed by atoms with Crippen molar-refractivity contribution in [3.63, 3.8) is 0 Å². The van der Waals surface area contributed by atoms with Gasteiger partial charge in [0.05, 0.1) is 0 Å². The van der Waals surface area contributed by atoms with Crippen LogP contribution in [-0.2, 0) is 4.79 Å². The number of anilines is 1. The van der Waals surface area contributed by atoms with Gasteiger partial charge in [-0.1, -0.05) is 6.92 Å². The minimum Gasteiger partial charge on any atom is -0.330 e. The quantitative estimate of drug-likeness (QED) is 0.818. The zero-order valence-corrected chi connectivity index (χ0v) is 11.0. The summed E-state index contributed by atoms with van der Waals surface area (Å²) in [6.07, 6.45) is 2.17. The van der Waals surface area contributed by atoms with Gasteiger partial charge in [-0.15, -0.1) is 0 Å². The van der Waals surface area contributed by atoms with Crippen LogP contribution in [0.15, 0.2) is 18.2 Å². The van der Waals surface area contributed by atoms with Gasteiger partial charge in [0, 0.05) is 12.1 Å². The third kappa shape index (κ3) is 5.27. The minimum absolute atomic E-state index is 0.0797. The first kappa shape index (κ1) is 14.6. The molecule has 0 aromatic heterocycles. The van der Waals surface area contributed by atoms with Gasteiger partial charge in [-0.05, 0) is 56.0 Å². The SMILES string of the molecule is Cc1cc(F)cc(NC(=O)CCC(C)CCN)c1. The van der Waals surface area contributed by atoms with Crippen LogP contribution in [0, 0.1) is 18.7 Å². The molecule has 3 N–H and O–H groups in total. The number of halogens is 1. The number of hydrogen-bond acceptors (Lipinski definition) is 2. The molecule has 0 aliphatic heterocycles. The minimum atomic E-state index is -0.332. The molecule has 3 nitrogen and oxygen atoms in total. The first-order chi connectivity index (χ1) is 8.51. The van der Waals surface area contributed by atoms with Crippen molar-refractivity contribution < 1.29 is 9.18 Å². The third-order valence-corrected chi connectivity index (χ3v) is 2.85. The lowest BCUT2D eigenvalue weighted by Gasteiger charge is -2.10. The Balaban J connectivity index is 2.44. The number of hydrogen-bond donors (Lipinski definition) is 2. The third-order valence-electron chi connectivity index (χ3n) is 2.85. The molecule has 1 atom stereocenters. The monoisotopic (exact) mass is 252 g/mol. The van der Waals surface area contributed by atoms with E-state index in [4.69, 9.17) is 5.73 Å². The highest BCUT2D eigenvalue weighted by atomic mass is 19.1. The van der Waals surface area contributed by atoms with Crippen LogP contribution < -0.4 is 11.1 Å². The Morgan fingerprint density at radius 3 is 2.72 bits per heavy atom. The van der Waals surface area contributed by atoms with E-state index in [-0.39, 0.29) is 11.7 Å². The Kier molecular flexibility index (Phi) is 5.78. The fourth-order valence-corrected chi connectivity index (χ4v) is 1.84. The molecule has 1 aromatic carbocycles. The zero-order valence-electron chi connectivity index (χ0n) is 11.0. The molecule has 0 heterocycles. The molecule has 4 heteroatoms. The van der Waals surface area contributed by atoms with Crippen LogP contribution in [0.3, 0.4) is 0 Å². The summed E-state index contributed by atoms with van der Waals surface area (Å²) in [5.74, 6) is 0.0284. The van der Waals surface area contributed by atoms with Crippen LogP contribution in [-0.4, -0.2) is 12.5 Å². The van der Waals surface area contributed by atoms with Crippen molar-refractivity contribution >= 4 is 11.6 Å². The average molecular weight is 252 g/mol. The number of rotatable bonds is 6. The zero-order chi connectivity index (χ0) is 13.5. The molecule has 0 fully saturated rings. The molecule has 0 aliphatic carbocycles. The van der Waals surface area contributed by atoms with Crippen LogP contribution >= 0.6 is 0 Å². The van der Waals surface area contributed by atoms with Gasteiger partial charge in [0.1, 0.15) is 5.82 Å². The Hall–Kier alpha value is -1.42. The summed E-state index contributed by atoms with van der Waals surface area (Å²) in [6.45, 7) is 4.51. The molecule has 0 aliphatic rings. The van der Waals surface area contributed by atoms with Crippen LogP contribution in [0.4, 0.5) is 10.1 Å². The number of carbonyl (C=O) groups is 1. The van der Waals surface area contributed by atoms with Crippen LogP contribution in [0.2, 0.25) is 0 Å². The second kappa shape index (κ2) is 7.11. The largest absolute Gasteiger partial charge is 0.330 e. The maximum Gasteiger partial charge on any atom is 0.224 e. The molecule has 1 unspecified atom stereocenters. The summed E-state index contributed by atoms with van der Waals surface area (Å²) < 4.78 is 13.1. The van der Waals surface area contributed by atoms with Gasteiger partial charge in [0.2, 0.25) is 5.91 Å². The molecular formula is C14H21FN2O. The maximum absolute atomic E-state index is 13.1. The molecule has 100 valence electrons. The van der Waals surface area contributed by atoms with Crippen molar-refractivity contribution in [3.05, 3.63) is 29.6 Å². The summed E-state index contributed by atoms with van der Waals surface area (Å²) in [7, 11) is 0. The van der Waals surface area contributed by atoms with Gasteiger partial charge in [0.15, 0.2) is 0 Å². The van der Waals surface area contributed by atoms with Crippen molar-refractivity contribution in [1.29, 1.82) is 0 Å². The van der Waals surface area contributed by atoms with Crippen molar-refractivity contribution in [2.24, 2.45) is 11.7 Å². The number of amides is 1. The lowest BCUT2D eigenvalue weighted by molar-refractivity contribution is -0.116. The molecule has 1 rings (SSSR count). The molecular weight excluding hydrogens is 231 g/mol. The summed E-state index contributed by atoms with van der Waals surface area (Å²) in [6, 6.07) is 4.51. The number of carbonyl (C=O) groups excluding carboxylic acids is 1. The standard InChI is InChI=1S/C14H21FN2O/c1-10(5-6-16)3-4-14(18)17-13-8-11(2)7-12(15)9-13/h7-10H,3-6,16H2,1-2H3,(H,17,18). The smallest absolute Gasteiger partial charge is 0.224 e. The van der Waals surface area contributed by atoms with Crippen molar-refractivity contribution in [2.75, 3.05) is 11.9 Å². The van der Waals surface area contributed by atoms with Crippen LogP contribution in [0.25, 0.3) is 0 Å². The fourth-order valence-electron chi connectivity index (χ4n) is 1.84. The van der Waals surface area contributed by atoms with Crippen molar-refractivity contribution in [1.82, 2.24) is 0 Å². The van der Waals surface area contributed by atoms with E-state index < -0.39 is 0 Å². The number of benzene rings is 1. The predicted molar refractivity (Wildman–Crippen MR) is 71.8 cm³/mol. The maximum atomic E-state index is 13.1. The number of nitrogens with one attached hydrogen (secondary N) is 1. The highest BCUT2D eigenvalue weighted by Crippen LogP contribution is 2.15. The van der Waals surface area contributed by atoms with Crippen molar-refractivity contribution in [2.45, 2.75) is 33.1 Å². The Bertz CT molecular complexity index is 387. The van der Waals surface area contributed by atoms with Gasteiger partial charge in [-0.2, -0.15) is 0 Å². The van der Waals surface area contributed by atoms with Gasteiger partial charge in [-0.25, -0.2) is 4.39 Å². The van der Waals surface area contributed by atoms with Gasteiger partial charge in [0.25, 0.3) is 0 Å². The van der Waals surface area contributed by atoms with Crippen LogP contribution in [0.5, 0.6) is 0 Å². The first-order valence-corrected chi connectivity index (χ1v) is 6.28. The average Bonchev–Trinajstić information content (AvgIpc) is 2.25. The highest BCUT2D eigenvalue weighted by molar-refractivity contribution is 5.90. The van der Waals surface area contributed by atoms with Gasteiger partial charge >= 0.3 is 0 Å². The van der Waals surface area contributed by atoms with Gasteiger partial charge < -0.3 is 11.1 Å². The molecule has 18 heavy (non-hydrogen) atoms. The summed E-state index contributed by atoms with van der Waals surface area (Å²) in [4.78, 5) is 11.7. The Morgan fingerprint density at radius 1 is 1.39 bits per heavy atom. The molecule has 1 amide bonds. The lowest BCUT2D eigenvalue weighted by atomic mass is 10.0. The molecule has 0 saturated heterocycles.